The highest BCUT2D eigenvalue weighted by molar-refractivity contribution is 5.76. The normalized spacial score (nSPS) is 12.8. The molecule has 0 aliphatic carbocycles. The van der Waals surface area contributed by atoms with Crippen molar-refractivity contribution in [3.8, 4) is 0 Å². The smallest absolute Gasteiger partial charge is 0.305 e. The van der Waals surface area contributed by atoms with E-state index in [2.05, 4.69) is 67.8 Å². The van der Waals surface area contributed by atoms with Crippen molar-refractivity contribution in [3.63, 3.8) is 0 Å². The summed E-state index contributed by atoms with van der Waals surface area (Å²) in [6.07, 6.45) is 91.6. The number of amides is 1. The zero-order valence-electron chi connectivity index (χ0n) is 54.5. The number of ether oxygens (including phenoxy) is 1. The van der Waals surface area contributed by atoms with Crippen molar-refractivity contribution in [1.29, 1.82) is 0 Å². The van der Waals surface area contributed by atoms with E-state index in [0.717, 1.165) is 64.2 Å². The minimum atomic E-state index is -0.674. The average molecular weight is 1140 g/mol. The number of hydrogen-bond acceptors (Lipinski definition) is 5. The zero-order valence-corrected chi connectivity index (χ0v) is 54.5. The van der Waals surface area contributed by atoms with E-state index in [-0.39, 0.29) is 18.5 Å². The van der Waals surface area contributed by atoms with E-state index in [1.165, 1.54) is 295 Å². The van der Waals surface area contributed by atoms with Gasteiger partial charge in [-0.15, -0.1) is 0 Å². The second-order valence-electron chi connectivity index (χ2n) is 24.9. The van der Waals surface area contributed by atoms with Gasteiger partial charge in [-0.25, -0.2) is 0 Å². The molecule has 0 rings (SSSR count). The molecule has 0 bridgehead atoms. The second kappa shape index (κ2) is 70.3. The minimum Gasteiger partial charge on any atom is -0.466 e. The predicted octanol–water partition coefficient (Wildman–Crippen LogP) is 23.6. The van der Waals surface area contributed by atoms with Crippen molar-refractivity contribution in [2.45, 2.75) is 405 Å². The number of nitrogens with one attached hydrogen (secondary N) is 1. The molecule has 0 fully saturated rings. The molecular formula is C75H141NO5. The Bertz CT molecular complexity index is 1360. The van der Waals surface area contributed by atoms with Gasteiger partial charge in [0.15, 0.2) is 0 Å². The topological polar surface area (TPSA) is 95.9 Å². The average Bonchev–Trinajstić information content (AvgIpc) is 3.47. The minimum absolute atomic E-state index is 0.00594. The van der Waals surface area contributed by atoms with Crippen LogP contribution in [0.4, 0.5) is 0 Å². The van der Waals surface area contributed by atoms with Crippen LogP contribution in [0.3, 0.4) is 0 Å². The zero-order chi connectivity index (χ0) is 58.5. The van der Waals surface area contributed by atoms with Crippen LogP contribution in [0, 0.1) is 0 Å². The summed E-state index contributed by atoms with van der Waals surface area (Å²) in [4.78, 5) is 24.6. The number of esters is 1. The van der Waals surface area contributed by atoms with Crippen molar-refractivity contribution in [2.24, 2.45) is 0 Å². The van der Waals surface area contributed by atoms with Gasteiger partial charge in [0, 0.05) is 12.8 Å². The second-order valence-corrected chi connectivity index (χ2v) is 24.9. The first kappa shape index (κ1) is 78.8. The molecule has 0 heterocycles. The van der Waals surface area contributed by atoms with Gasteiger partial charge >= 0.3 is 5.97 Å². The third-order valence-corrected chi connectivity index (χ3v) is 16.9. The lowest BCUT2D eigenvalue weighted by molar-refractivity contribution is -0.143. The maximum atomic E-state index is 12.6. The van der Waals surface area contributed by atoms with Crippen LogP contribution < -0.4 is 5.32 Å². The molecule has 476 valence electrons. The Morgan fingerprint density at radius 1 is 0.346 bits per heavy atom. The molecule has 0 aromatic heterocycles. The summed E-state index contributed by atoms with van der Waals surface area (Å²) in [6.45, 7) is 4.95. The number of hydrogen-bond donors (Lipinski definition) is 3. The molecule has 0 aliphatic heterocycles. The molecular weight excluding hydrogens is 995 g/mol. The molecule has 2 atom stereocenters. The van der Waals surface area contributed by atoms with Gasteiger partial charge in [0.25, 0.3) is 0 Å². The molecule has 0 saturated heterocycles. The Hall–Kier alpha value is -2.18. The Labute approximate surface area is 506 Å². The summed E-state index contributed by atoms with van der Waals surface area (Å²) in [5.41, 5.74) is 0. The number of aliphatic hydroxyl groups is 2. The van der Waals surface area contributed by atoms with Crippen molar-refractivity contribution in [1.82, 2.24) is 5.32 Å². The molecule has 6 nitrogen and oxygen atoms in total. The number of aliphatic hydroxyl groups excluding tert-OH is 2. The number of rotatable bonds is 68. The van der Waals surface area contributed by atoms with E-state index in [0.29, 0.717) is 25.9 Å². The molecule has 2 unspecified atom stereocenters. The van der Waals surface area contributed by atoms with E-state index in [9.17, 15) is 19.8 Å². The first-order valence-corrected chi connectivity index (χ1v) is 36.4. The van der Waals surface area contributed by atoms with Gasteiger partial charge in [0.2, 0.25) is 5.91 Å². The van der Waals surface area contributed by atoms with E-state index in [1.807, 2.05) is 0 Å². The highest BCUT2D eigenvalue weighted by Crippen LogP contribution is 2.19. The Morgan fingerprint density at radius 3 is 0.951 bits per heavy atom. The van der Waals surface area contributed by atoms with Crippen LogP contribution in [0.15, 0.2) is 48.6 Å². The largest absolute Gasteiger partial charge is 0.466 e. The van der Waals surface area contributed by atoms with Gasteiger partial charge < -0.3 is 20.3 Å². The van der Waals surface area contributed by atoms with Gasteiger partial charge in [-0.2, -0.15) is 0 Å². The van der Waals surface area contributed by atoms with Crippen LogP contribution in [0.1, 0.15) is 393 Å². The monoisotopic (exact) mass is 1140 g/mol. The van der Waals surface area contributed by atoms with Crippen LogP contribution in [-0.4, -0.2) is 47.4 Å². The molecule has 0 saturated carbocycles. The van der Waals surface area contributed by atoms with Gasteiger partial charge in [0.1, 0.15) is 0 Å². The highest BCUT2D eigenvalue weighted by atomic mass is 16.5. The summed E-state index contributed by atoms with van der Waals surface area (Å²) >= 11 is 0. The summed E-state index contributed by atoms with van der Waals surface area (Å²) in [5, 5.41) is 23.4. The SMILES string of the molecule is CCCCCC/C=C\C/C=C\CCCCCCCC(=O)OCCCCCCCCCCC/C=C\C/C=C\CCCCCCCCCC(=O)NC(CO)C(O)CCCCCCCCCCCCCCCCCCCCCCCCCCC. The third kappa shape index (κ3) is 66.8. The number of unbranched alkanes of at least 4 members (excludes halogenated alkanes) is 49. The Kier molecular flexibility index (Phi) is 68.4. The molecule has 0 aromatic rings. The number of carbonyl (C=O) groups is 2. The fourth-order valence-corrected chi connectivity index (χ4v) is 11.3. The summed E-state index contributed by atoms with van der Waals surface area (Å²) in [7, 11) is 0. The lowest BCUT2D eigenvalue weighted by Crippen LogP contribution is -2.45. The van der Waals surface area contributed by atoms with Crippen molar-refractivity contribution >= 4 is 11.9 Å². The molecule has 6 heteroatoms. The summed E-state index contributed by atoms with van der Waals surface area (Å²) in [5.74, 6) is -0.0476. The maximum Gasteiger partial charge on any atom is 0.305 e. The Morgan fingerprint density at radius 2 is 0.617 bits per heavy atom. The fraction of sp³-hybridized carbons (Fsp3) is 0.867. The first-order chi connectivity index (χ1) is 40.0. The summed E-state index contributed by atoms with van der Waals surface area (Å²) < 4.78 is 5.48. The van der Waals surface area contributed by atoms with Crippen LogP contribution in [0.2, 0.25) is 0 Å². The van der Waals surface area contributed by atoms with Gasteiger partial charge in [0.05, 0.1) is 25.4 Å². The Balaban J connectivity index is 3.45. The molecule has 1 amide bonds. The molecule has 0 aliphatic rings. The van der Waals surface area contributed by atoms with Crippen LogP contribution in [-0.2, 0) is 14.3 Å². The molecule has 0 radical (unpaired) electrons. The summed E-state index contributed by atoms with van der Waals surface area (Å²) in [6, 6.07) is -0.552. The number of carbonyl (C=O) groups excluding carboxylic acids is 2. The van der Waals surface area contributed by atoms with E-state index < -0.39 is 12.1 Å². The first-order valence-electron chi connectivity index (χ1n) is 36.4. The van der Waals surface area contributed by atoms with E-state index in [1.54, 1.807) is 0 Å². The third-order valence-electron chi connectivity index (χ3n) is 16.9. The highest BCUT2D eigenvalue weighted by Gasteiger charge is 2.20. The van der Waals surface area contributed by atoms with Gasteiger partial charge in [-0.3, -0.25) is 9.59 Å². The van der Waals surface area contributed by atoms with Crippen molar-refractivity contribution in [2.75, 3.05) is 13.2 Å². The lowest BCUT2D eigenvalue weighted by atomic mass is 10.0. The molecule has 81 heavy (non-hydrogen) atoms. The van der Waals surface area contributed by atoms with Gasteiger partial charge in [-0.1, -0.05) is 339 Å². The predicted molar refractivity (Wildman–Crippen MR) is 356 cm³/mol. The standard InChI is InChI=1S/C75H141NO5/c1-3-5-7-9-11-13-15-17-19-21-22-23-24-25-27-30-33-36-39-43-47-51-55-59-63-67-73(78)72(71-77)76-74(79)68-64-60-56-52-48-44-40-37-34-31-28-26-29-32-35-38-42-46-50-54-58-62-66-70-81-75(80)69-65-61-57-53-49-45-41-20-18-16-14-12-10-8-6-4-2/h14,16,20,26,29,31,34,41,72-73,77-78H,3-13,15,17-19,21-25,27-28,30,32-33,35-40,42-71H2,1-2H3,(H,76,79)/b16-14-,29-26-,34-31-,41-20-. The van der Waals surface area contributed by atoms with Crippen molar-refractivity contribution < 1.29 is 24.5 Å². The number of allylic oxidation sites excluding steroid dienone is 8. The van der Waals surface area contributed by atoms with E-state index in [4.69, 9.17) is 4.74 Å². The van der Waals surface area contributed by atoms with Crippen LogP contribution >= 0.6 is 0 Å². The van der Waals surface area contributed by atoms with Gasteiger partial charge in [-0.05, 0) is 89.9 Å². The van der Waals surface area contributed by atoms with Crippen LogP contribution in [0.5, 0.6) is 0 Å². The van der Waals surface area contributed by atoms with Crippen LogP contribution in [0.25, 0.3) is 0 Å². The molecule has 0 aromatic carbocycles. The van der Waals surface area contributed by atoms with Crippen molar-refractivity contribution in [3.05, 3.63) is 48.6 Å². The van der Waals surface area contributed by atoms with E-state index >= 15 is 0 Å². The fourth-order valence-electron chi connectivity index (χ4n) is 11.3. The molecule has 0 spiro atoms. The molecule has 3 N–H and O–H groups in total. The lowest BCUT2D eigenvalue weighted by Gasteiger charge is -2.22. The quantitative estimate of drug-likeness (QED) is 0.0320. The maximum absolute atomic E-state index is 12.6.